The lowest BCUT2D eigenvalue weighted by atomic mass is 10.1. The van der Waals surface area contributed by atoms with E-state index in [-0.39, 0.29) is 29.9 Å². The average molecular weight is 501 g/mol. The molecule has 146 valence electrons. The van der Waals surface area contributed by atoms with Crippen LogP contribution in [0.15, 0.2) is 53.5 Å². The Morgan fingerprint density at radius 1 is 0.963 bits per heavy atom. The first-order valence-corrected chi connectivity index (χ1v) is 9.07. The van der Waals surface area contributed by atoms with Gasteiger partial charge in [-0.15, -0.1) is 24.0 Å². The number of nitrogens with one attached hydrogen (secondary N) is 3. The molecule has 2 rings (SSSR count). The van der Waals surface area contributed by atoms with E-state index < -0.39 is 0 Å². The first kappa shape index (κ1) is 23.2. The number of carbonyl (C=O) groups excluding carboxylic acids is 1. The van der Waals surface area contributed by atoms with Crippen molar-refractivity contribution in [2.24, 2.45) is 4.99 Å². The summed E-state index contributed by atoms with van der Waals surface area (Å²) in [5.74, 6) is 0.514. The van der Waals surface area contributed by atoms with E-state index in [1.54, 1.807) is 31.3 Å². The predicted octanol–water partition coefficient (Wildman–Crippen LogP) is 3.62. The molecule has 0 spiro atoms. The monoisotopic (exact) mass is 500 g/mol. The fourth-order valence-corrected chi connectivity index (χ4v) is 2.79. The van der Waals surface area contributed by atoms with E-state index >= 15 is 0 Å². The van der Waals surface area contributed by atoms with Crippen LogP contribution in [0.1, 0.15) is 28.4 Å². The quantitative estimate of drug-likeness (QED) is 0.235. The van der Waals surface area contributed by atoms with Crippen LogP contribution in [0, 0.1) is 0 Å². The molecule has 2 aromatic carbocycles. The van der Waals surface area contributed by atoms with Gasteiger partial charge in [0.2, 0.25) is 0 Å². The lowest BCUT2D eigenvalue weighted by Crippen LogP contribution is -2.41. The molecule has 0 saturated heterocycles. The number of carbonyl (C=O) groups is 1. The Kier molecular flexibility index (Phi) is 10.8. The van der Waals surface area contributed by atoms with Gasteiger partial charge in [-0.2, -0.15) is 0 Å². The molecule has 7 heteroatoms. The van der Waals surface area contributed by atoms with Gasteiger partial charge in [-0.3, -0.25) is 9.79 Å². The number of hydrogen-bond donors (Lipinski definition) is 3. The first-order chi connectivity index (χ1) is 12.7. The SMILES string of the molecule is CCc1ccccc1CNC(=NC)NCCNC(=O)c1ccccc1Cl.I. The Hall–Kier alpha value is -1.80. The van der Waals surface area contributed by atoms with E-state index in [0.29, 0.717) is 36.2 Å². The molecule has 0 bridgehead atoms. The molecule has 3 N–H and O–H groups in total. The van der Waals surface area contributed by atoms with Crippen LogP contribution in [0.3, 0.4) is 0 Å². The van der Waals surface area contributed by atoms with Crippen LogP contribution >= 0.6 is 35.6 Å². The predicted molar refractivity (Wildman–Crippen MR) is 123 cm³/mol. The van der Waals surface area contributed by atoms with E-state index in [9.17, 15) is 4.79 Å². The first-order valence-electron chi connectivity index (χ1n) is 8.69. The third-order valence-electron chi connectivity index (χ3n) is 3.99. The second-order valence-electron chi connectivity index (χ2n) is 5.71. The Labute approximate surface area is 183 Å². The molecule has 0 heterocycles. The van der Waals surface area contributed by atoms with Gasteiger partial charge in [-0.1, -0.05) is 54.9 Å². The maximum Gasteiger partial charge on any atom is 0.252 e. The largest absolute Gasteiger partial charge is 0.355 e. The minimum Gasteiger partial charge on any atom is -0.355 e. The van der Waals surface area contributed by atoms with Crippen LogP contribution in [0.2, 0.25) is 5.02 Å². The number of halogens is 2. The summed E-state index contributed by atoms with van der Waals surface area (Å²) in [6.45, 7) is 3.88. The molecule has 0 aliphatic carbocycles. The van der Waals surface area contributed by atoms with Gasteiger partial charge in [0.25, 0.3) is 5.91 Å². The zero-order chi connectivity index (χ0) is 18.8. The number of benzene rings is 2. The molecule has 0 saturated carbocycles. The third kappa shape index (κ3) is 7.38. The summed E-state index contributed by atoms with van der Waals surface area (Å²) in [6.07, 6.45) is 0.998. The van der Waals surface area contributed by atoms with Gasteiger partial charge in [0, 0.05) is 26.7 Å². The molecule has 0 unspecified atom stereocenters. The molecule has 0 aliphatic heterocycles. The van der Waals surface area contributed by atoms with Crippen LogP contribution < -0.4 is 16.0 Å². The van der Waals surface area contributed by atoms with Crippen molar-refractivity contribution in [1.29, 1.82) is 0 Å². The zero-order valence-electron chi connectivity index (χ0n) is 15.6. The second-order valence-corrected chi connectivity index (χ2v) is 6.12. The smallest absolute Gasteiger partial charge is 0.252 e. The summed E-state index contributed by atoms with van der Waals surface area (Å²) in [5.41, 5.74) is 3.06. The van der Waals surface area contributed by atoms with E-state index in [0.717, 1.165) is 6.42 Å². The molecule has 1 amide bonds. The van der Waals surface area contributed by atoms with Crippen LogP contribution in [-0.2, 0) is 13.0 Å². The molecular weight excluding hydrogens is 475 g/mol. The van der Waals surface area contributed by atoms with Crippen molar-refractivity contribution in [2.75, 3.05) is 20.1 Å². The maximum atomic E-state index is 12.1. The van der Waals surface area contributed by atoms with E-state index in [2.05, 4.69) is 46.1 Å². The highest BCUT2D eigenvalue weighted by molar-refractivity contribution is 14.0. The number of hydrogen-bond acceptors (Lipinski definition) is 2. The minimum atomic E-state index is -0.183. The molecule has 0 aromatic heterocycles. The van der Waals surface area contributed by atoms with Crippen LogP contribution in [-0.4, -0.2) is 32.0 Å². The Morgan fingerprint density at radius 2 is 1.59 bits per heavy atom. The summed E-state index contributed by atoms with van der Waals surface area (Å²) in [7, 11) is 1.73. The number of nitrogens with zero attached hydrogens (tertiary/aromatic N) is 1. The second kappa shape index (κ2) is 12.6. The molecule has 0 atom stereocenters. The van der Waals surface area contributed by atoms with Crippen molar-refractivity contribution in [3.05, 3.63) is 70.2 Å². The maximum absolute atomic E-state index is 12.1. The van der Waals surface area contributed by atoms with Crippen molar-refractivity contribution in [3.63, 3.8) is 0 Å². The van der Waals surface area contributed by atoms with Crippen molar-refractivity contribution in [3.8, 4) is 0 Å². The number of rotatable bonds is 7. The van der Waals surface area contributed by atoms with Crippen molar-refractivity contribution < 1.29 is 4.79 Å². The van der Waals surface area contributed by atoms with Gasteiger partial charge in [0.05, 0.1) is 10.6 Å². The molecule has 27 heavy (non-hydrogen) atoms. The van der Waals surface area contributed by atoms with Gasteiger partial charge in [0.1, 0.15) is 0 Å². The fourth-order valence-electron chi connectivity index (χ4n) is 2.57. The summed E-state index contributed by atoms with van der Waals surface area (Å²) in [6, 6.07) is 15.3. The fraction of sp³-hybridized carbons (Fsp3) is 0.300. The third-order valence-corrected chi connectivity index (χ3v) is 4.32. The van der Waals surface area contributed by atoms with Crippen LogP contribution in [0.25, 0.3) is 0 Å². The van der Waals surface area contributed by atoms with Gasteiger partial charge in [0.15, 0.2) is 5.96 Å². The molecular formula is C20H26ClIN4O. The van der Waals surface area contributed by atoms with Gasteiger partial charge in [-0.05, 0) is 29.7 Å². The van der Waals surface area contributed by atoms with Crippen molar-refractivity contribution in [1.82, 2.24) is 16.0 Å². The van der Waals surface area contributed by atoms with Crippen LogP contribution in [0.4, 0.5) is 0 Å². The van der Waals surface area contributed by atoms with Gasteiger partial charge >= 0.3 is 0 Å². The Balaban J connectivity index is 0.00000364. The lowest BCUT2D eigenvalue weighted by molar-refractivity contribution is 0.0954. The number of amides is 1. The summed E-state index contributed by atoms with van der Waals surface area (Å²) >= 11 is 6.02. The molecule has 5 nitrogen and oxygen atoms in total. The molecule has 2 aromatic rings. The van der Waals surface area contributed by atoms with E-state index in [1.165, 1.54) is 11.1 Å². The highest BCUT2D eigenvalue weighted by Gasteiger charge is 2.08. The Morgan fingerprint density at radius 3 is 2.26 bits per heavy atom. The highest BCUT2D eigenvalue weighted by atomic mass is 127. The Bertz CT molecular complexity index is 767. The molecule has 0 aliphatic rings. The number of guanidine groups is 1. The minimum absolute atomic E-state index is 0. The van der Waals surface area contributed by atoms with E-state index in [4.69, 9.17) is 11.6 Å². The highest BCUT2D eigenvalue weighted by Crippen LogP contribution is 2.14. The lowest BCUT2D eigenvalue weighted by Gasteiger charge is -2.14. The van der Waals surface area contributed by atoms with Gasteiger partial charge < -0.3 is 16.0 Å². The zero-order valence-corrected chi connectivity index (χ0v) is 18.7. The van der Waals surface area contributed by atoms with Crippen molar-refractivity contribution >= 4 is 47.4 Å². The topological polar surface area (TPSA) is 65.5 Å². The summed E-state index contributed by atoms with van der Waals surface area (Å²) in [4.78, 5) is 16.3. The summed E-state index contributed by atoms with van der Waals surface area (Å²) in [5, 5.41) is 9.78. The number of aliphatic imine (C=N–C) groups is 1. The van der Waals surface area contributed by atoms with Crippen LogP contribution in [0.5, 0.6) is 0 Å². The normalized spacial score (nSPS) is 10.7. The van der Waals surface area contributed by atoms with Crippen molar-refractivity contribution in [2.45, 2.75) is 19.9 Å². The number of aryl methyl sites for hydroxylation is 1. The summed E-state index contributed by atoms with van der Waals surface area (Å²) < 4.78 is 0. The average Bonchev–Trinajstić information content (AvgIpc) is 2.67. The molecule has 0 fully saturated rings. The van der Waals surface area contributed by atoms with E-state index in [1.807, 2.05) is 6.07 Å². The molecule has 0 radical (unpaired) electrons. The standard InChI is InChI=1S/C20H25ClN4O.HI/c1-3-15-8-4-5-9-16(15)14-25-20(22-2)24-13-12-23-19(26)17-10-6-7-11-18(17)21;/h4-11H,3,12-14H2,1-2H3,(H,23,26)(H2,22,24,25);1H. The van der Waals surface area contributed by atoms with Gasteiger partial charge in [-0.25, -0.2) is 0 Å².